The summed E-state index contributed by atoms with van der Waals surface area (Å²) in [5.41, 5.74) is 0. The number of piperidine rings is 1. The normalized spacial score (nSPS) is 27.6. The molecule has 2 aliphatic rings. The number of nitrogens with one attached hydrogen (secondary N) is 2. The van der Waals surface area contributed by atoms with Crippen LogP contribution in [0.25, 0.3) is 0 Å². The van der Waals surface area contributed by atoms with Crippen molar-refractivity contribution in [3.05, 3.63) is 0 Å². The Bertz CT molecular complexity index is 272. The molecule has 1 aliphatic heterocycles. The van der Waals surface area contributed by atoms with Gasteiger partial charge < -0.3 is 10.6 Å². The largest absolute Gasteiger partial charge is 0.356 e. The van der Waals surface area contributed by atoms with E-state index < -0.39 is 0 Å². The fraction of sp³-hybridized carbons (Fsp3) is 0.938. The Morgan fingerprint density at radius 3 is 2.20 bits per heavy atom. The van der Waals surface area contributed by atoms with Crippen molar-refractivity contribution in [3.8, 4) is 0 Å². The zero-order valence-electron chi connectivity index (χ0n) is 12.8. The smallest absolute Gasteiger partial charge is 0.220 e. The molecule has 3 nitrogen and oxygen atoms in total. The molecule has 2 N–H and O–H groups in total. The van der Waals surface area contributed by atoms with Crippen molar-refractivity contribution < 1.29 is 4.79 Å². The molecule has 0 aromatic heterocycles. The van der Waals surface area contributed by atoms with Gasteiger partial charge in [-0.2, -0.15) is 0 Å². The Morgan fingerprint density at radius 1 is 1.00 bits per heavy atom. The van der Waals surface area contributed by atoms with E-state index in [2.05, 4.69) is 17.6 Å². The Morgan fingerprint density at radius 2 is 1.60 bits per heavy atom. The van der Waals surface area contributed by atoms with Crippen molar-refractivity contribution >= 4 is 18.3 Å². The third-order valence-electron chi connectivity index (χ3n) is 5.06. The van der Waals surface area contributed by atoms with E-state index in [-0.39, 0.29) is 18.3 Å². The van der Waals surface area contributed by atoms with Gasteiger partial charge in [0.1, 0.15) is 0 Å². The van der Waals surface area contributed by atoms with E-state index in [9.17, 15) is 4.79 Å². The molecule has 118 valence electrons. The van der Waals surface area contributed by atoms with Crippen LogP contribution in [0.4, 0.5) is 0 Å². The zero-order valence-corrected chi connectivity index (χ0v) is 13.6. The van der Waals surface area contributed by atoms with Gasteiger partial charge in [0.05, 0.1) is 0 Å². The molecule has 1 amide bonds. The van der Waals surface area contributed by atoms with E-state index in [0.717, 1.165) is 50.7 Å². The first-order chi connectivity index (χ1) is 9.28. The lowest BCUT2D eigenvalue weighted by atomic mass is 9.81. The van der Waals surface area contributed by atoms with Crippen molar-refractivity contribution in [3.63, 3.8) is 0 Å². The minimum absolute atomic E-state index is 0. The lowest BCUT2D eigenvalue weighted by Gasteiger charge is -2.28. The second-order valence-corrected chi connectivity index (χ2v) is 6.50. The van der Waals surface area contributed by atoms with E-state index in [1.54, 1.807) is 0 Å². The van der Waals surface area contributed by atoms with Gasteiger partial charge in [0, 0.05) is 13.0 Å². The van der Waals surface area contributed by atoms with Gasteiger partial charge in [0.2, 0.25) is 5.91 Å². The summed E-state index contributed by atoms with van der Waals surface area (Å²) in [5.74, 6) is 2.57. The Hall–Kier alpha value is -0.280. The maximum atomic E-state index is 11.9. The Balaban J connectivity index is 0.00000200. The van der Waals surface area contributed by atoms with Crippen molar-refractivity contribution in [2.75, 3.05) is 19.6 Å². The topological polar surface area (TPSA) is 41.1 Å². The predicted molar refractivity (Wildman–Crippen MR) is 86.2 cm³/mol. The summed E-state index contributed by atoms with van der Waals surface area (Å²) in [6, 6.07) is 0. The minimum Gasteiger partial charge on any atom is -0.356 e. The number of carbonyl (C=O) groups is 1. The molecule has 1 saturated carbocycles. The third kappa shape index (κ3) is 6.01. The van der Waals surface area contributed by atoms with Crippen LogP contribution in [-0.4, -0.2) is 25.5 Å². The molecular weight excluding hydrogens is 272 g/mol. The van der Waals surface area contributed by atoms with Crippen molar-refractivity contribution in [1.29, 1.82) is 0 Å². The summed E-state index contributed by atoms with van der Waals surface area (Å²) >= 11 is 0. The SMILES string of the molecule is CCC1CCC(CNC(=O)CC2CCNCC2)CC1.Cl. The number of carbonyl (C=O) groups excluding carboxylic acids is 1. The number of hydrogen-bond acceptors (Lipinski definition) is 2. The van der Waals surface area contributed by atoms with Crippen LogP contribution < -0.4 is 10.6 Å². The van der Waals surface area contributed by atoms with Gasteiger partial charge in [-0.1, -0.05) is 26.2 Å². The van der Waals surface area contributed by atoms with E-state index in [4.69, 9.17) is 0 Å². The standard InChI is InChI=1S/C16H30N2O.ClH/c1-2-13-3-5-15(6-4-13)12-18-16(19)11-14-7-9-17-10-8-14;/h13-15,17H,2-12H2,1H3,(H,18,19);1H. The molecule has 0 spiro atoms. The lowest BCUT2D eigenvalue weighted by Crippen LogP contribution is -2.35. The average molecular weight is 303 g/mol. The molecule has 2 fully saturated rings. The number of rotatable bonds is 5. The van der Waals surface area contributed by atoms with E-state index in [0.29, 0.717) is 5.92 Å². The second-order valence-electron chi connectivity index (χ2n) is 6.50. The van der Waals surface area contributed by atoms with Crippen LogP contribution in [0.15, 0.2) is 0 Å². The highest BCUT2D eigenvalue weighted by atomic mass is 35.5. The van der Waals surface area contributed by atoms with Crippen molar-refractivity contribution in [1.82, 2.24) is 10.6 Å². The van der Waals surface area contributed by atoms with Gasteiger partial charge in [-0.3, -0.25) is 4.79 Å². The summed E-state index contributed by atoms with van der Waals surface area (Å²) in [7, 11) is 0. The highest BCUT2D eigenvalue weighted by molar-refractivity contribution is 5.85. The van der Waals surface area contributed by atoms with Crippen LogP contribution >= 0.6 is 12.4 Å². The first-order valence-electron chi connectivity index (χ1n) is 8.25. The molecule has 0 radical (unpaired) electrons. The number of amides is 1. The quantitative estimate of drug-likeness (QED) is 0.819. The van der Waals surface area contributed by atoms with Gasteiger partial charge in [-0.15, -0.1) is 12.4 Å². The summed E-state index contributed by atoms with van der Waals surface area (Å²) < 4.78 is 0. The molecule has 1 heterocycles. The molecular formula is C16H31ClN2O. The number of hydrogen-bond donors (Lipinski definition) is 2. The Labute approximate surface area is 130 Å². The van der Waals surface area contributed by atoms with Gasteiger partial charge >= 0.3 is 0 Å². The minimum atomic E-state index is 0. The monoisotopic (exact) mass is 302 g/mol. The maximum Gasteiger partial charge on any atom is 0.220 e. The van der Waals surface area contributed by atoms with E-state index in [1.807, 2.05) is 0 Å². The first-order valence-corrected chi connectivity index (χ1v) is 8.25. The summed E-state index contributed by atoms with van der Waals surface area (Å²) in [6.45, 7) is 5.38. The van der Waals surface area contributed by atoms with Gasteiger partial charge in [-0.25, -0.2) is 0 Å². The van der Waals surface area contributed by atoms with E-state index >= 15 is 0 Å². The Kier molecular flexibility index (Phi) is 8.55. The van der Waals surface area contributed by atoms with Crippen LogP contribution in [0.5, 0.6) is 0 Å². The van der Waals surface area contributed by atoms with Crippen molar-refractivity contribution in [2.24, 2.45) is 17.8 Å². The second kappa shape index (κ2) is 9.62. The molecule has 4 heteroatoms. The molecule has 0 aromatic rings. The van der Waals surface area contributed by atoms with Crippen LogP contribution in [-0.2, 0) is 4.79 Å². The third-order valence-corrected chi connectivity index (χ3v) is 5.06. The molecule has 0 unspecified atom stereocenters. The zero-order chi connectivity index (χ0) is 13.5. The fourth-order valence-corrected chi connectivity index (χ4v) is 3.52. The average Bonchev–Trinajstić information content (AvgIpc) is 2.47. The lowest BCUT2D eigenvalue weighted by molar-refractivity contribution is -0.122. The van der Waals surface area contributed by atoms with Gasteiger partial charge in [0.15, 0.2) is 0 Å². The highest BCUT2D eigenvalue weighted by Gasteiger charge is 2.21. The van der Waals surface area contributed by atoms with Gasteiger partial charge in [-0.05, 0) is 56.5 Å². The summed E-state index contributed by atoms with van der Waals surface area (Å²) in [5, 5.41) is 6.52. The van der Waals surface area contributed by atoms with Gasteiger partial charge in [0.25, 0.3) is 0 Å². The molecule has 20 heavy (non-hydrogen) atoms. The van der Waals surface area contributed by atoms with E-state index in [1.165, 1.54) is 32.1 Å². The maximum absolute atomic E-state index is 11.9. The van der Waals surface area contributed by atoms with Crippen LogP contribution in [0.1, 0.15) is 58.3 Å². The van der Waals surface area contributed by atoms with Crippen LogP contribution in [0.2, 0.25) is 0 Å². The summed E-state index contributed by atoms with van der Waals surface area (Å²) in [4.78, 5) is 11.9. The molecule has 1 saturated heterocycles. The molecule has 1 aliphatic carbocycles. The molecule has 0 atom stereocenters. The highest BCUT2D eigenvalue weighted by Crippen LogP contribution is 2.30. The van der Waals surface area contributed by atoms with Crippen LogP contribution in [0, 0.1) is 17.8 Å². The fourth-order valence-electron chi connectivity index (χ4n) is 3.52. The predicted octanol–water partition coefficient (Wildman–Crippen LogP) is 3.13. The first kappa shape index (κ1) is 17.8. The molecule has 0 aromatic carbocycles. The molecule has 2 rings (SSSR count). The van der Waals surface area contributed by atoms with Crippen molar-refractivity contribution in [2.45, 2.75) is 58.3 Å². The van der Waals surface area contributed by atoms with Crippen LogP contribution in [0.3, 0.4) is 0 Å². The number of halogens is 1. The summed E-state index contributed by atoms with van der Waals surface area (Å²) in [6.07, 6.45) is 9.75. The molecule has 0 bridgehead atoms.